The molecule has 128 valence electrons. The number of rotatable bonds is 3. The van der Waals surface area contributed by atoms with Gasteiger partial charge in [0.1, 0.15) is 0 Å². The fraction of sp³-hybridized carbons (Fsp3) is 0.286. The van der Waals surface area contributed by atoms with Gasteiger partial charge in [-0.05, 0) is 42.0 Å². The summed E-state index contributed by atoms with van der Waals surface area (Å²) in [5.41, 5.74) is 3.66. The average Bonchev–Trinajstić information content (AvgIpc) is 3.08. The first-order valence-electron chi connectivity index (χ1n) is 8.79. The first-order valence-corrected chi connectivity index (χ1v) is 9.59. The van der Waals surface area contributed by atoms with E-state index in [-0.39, 0.29) is 5.91 Å². The summed E-state index contributed by atoms with van der Waals surface area (Å²) in [5, 5.41) is 1.32. The van der Waals surface area contributed by atoms with Gasteiger partial charge in [0.2, 0.25) is 5.91 Å². The van der Waals surface area contributed by atoms with E-state index >= 15 is 0 Å². The summed E-state index contributed by atoms with van der Waals surface area (Å²) in [7, 11) is 0. The normalized spacial score (nSPS) is 15.6. The molecule has 0 atom stereocenters. The minimum atomic E-state index is 0.226. The second-order valence-electron chi connectivity index (χ2n) is 6.71. The van der Waals surface area contributed by atoms with Crippen molar-refractivity contribution in [1.82, 2.24) is 9.88 Å². The van der Waals surface area contributed by atoms with Crippen molar-refractivity contribution in [2.24, 2.45) is 0 Å². The van der Waals surface area contributed by atoms with Crippen molar-refractivity contribution in [2.75, 3.05) is 13.1 Å². The number of para-hydroxylation sites is 1. The maximum atomic E-state index is 12.6. The lowest BCUT2D eigenvalue weighted by molar-refractivity contribution is -0.131. The highest BCUT2D eigenvalue weighted by atomic mass is 79.9. The number of hydrogen-bond acceptors (Lipinski definition) is 1. The average molecular weight is 397 g/mol. The predicted octanol–water partition coefficient (Wildman–Crippen LogP) is 4.88. The second kappa shape index (κ2) is 7.04. The second-order valence-corrected chi connectivity index (χ2v) is 7.57. The molecule has 3 nitrogen and oxygen atoms in total. The summed E-state index contributed by atoms with van der Waals surface area (Å²) in [6.45, 7) is 1.68. The summed E-state index contributed by atoms with van der Waals surface area (Å²) in [6, 6.07) is 16.4. The molecule has 0 radical (unpaired) electrons. The van der Waals surface area contributed by atoms with E-state index in [0.29, 0.717) is 12.3 Å². The summed E-state index contributed by atoms with van der Waals surface area (Å²) in [5.74, 6) is 0.757. The van der Waals surface area contributed by atoms with Gasteiger partial charge in [0.15, 0.2) is 0 Å². The molecular weight excluding hydrogens is 376 g/mol. The molecule has 0 unspecified atom stereocenters. The van der Waals surface area contributed by atoms with Crippen LogP contribution in [0, 0.1) is 0 Å². The van der Waals surface area contributed by atoms with Crippen LogP contribution in [0.15, 0.2) is 59.2 Å². The maximum Gasteiger partial charge on any atom is 0.227 e. The maximum absolute atomic E-state index is 12.6. The van der Waals surface area contributed by atoms with E-state index in [1.54, 1.807) is 0 Å². The van der Waals surface area contributed by atoms with Gasteiger partial charge >= 0.3 is 0 Å². The van der Waals surface area contributed by atoms with Crippen molar-refractivity contribution in [3.8, 4) is 0 Å². The third-order valence-corrected chi connectivity index (χ3v) is 5.98. The third kappa shape index (κ3) is 3.36. The van der Waals surface area contributed by atoms with Crippen LogP contribution < -0.4 is 0 Å². The van der Waals surface area contributed by atoms with Crippen LogP contribution in [0.2, 0.25) is 0 Å². The van der Waals surface area contributed by atoms with Crippen molar-refractivity contribution < 1.29 is 4.79 Å². The highest BCUT2D eigenvalue weighted by Gasteiger charge is 2.25. The lowest BCUT2D eigenvalue weighted by atomic mass is 9.89. The Bertz CT molecular complexity index is 894. The van der Waals surface area contributed by atoms with Crippen molar-refractivity contribution in [3.63, 3.8) is 0 Å². The van der Waals surface area contributed by atoms with Gasteiger partial charge in [-0.15, -0.1) is 0 Å². The molecule has 1 amide bonds. The van der Waals surface area contributed by atoms with Gasteiger partial charge in [-0.1, -0.05) is 52.3 Å². The number of carbonyl (C=O) groups is 1. The van der Waals surface area contributed by atoms with Gasteiger partial charge in [0.25, 0.3) is 0 Å². The van der Waals surface area contributed by atoms with Gasteiger partial charge in [-0.25, -0.2) is 0 Å². The lowest BCUT2D eigenvalue weighted by Gasteiger charge is -2.32. The molecule has 1 fully saturated rings. The number of aromatic amines is 1. The van der Waals surface area contributed by atoms with E-state index < -0.39 is 0 Å². The van der Waals surface area contributed by atoms with Crippen molar-refractivity contribution >= 4 is 32.7 Å². The van der Waals surface area contributed by atoms with Crippen LogP contribution in [0.4, 0.5) is 0 Å². The third-order valence-electron chi connectivity index (χ3n) is 5.21. The Morgan fingerprint density at radius 2 is 1.80 bits per heavy atom. The number of nitrogens with zero attached hydrogens (tertiary/aromatic N) is 1. The number of nitrogens with one attached hydrogen (secondary N) is 1. The number of amides is 1. The van der Waals surface area contributed by atoms with Crippen molar-refractivity contribution in [1.29, 1.82) is 0 Å². The molecule has 2 heterocycles. The number of fused-ring (bicyclic) bond motifs is 1. The molecule has 0 aliphatic carbocycles. The topological polar surface area (TPSA) is 36.1 Å². The van der Waals surface area contributed by atoms with Gasteiger partial charge in [0.05, 0.1) is 6.42 Å². The standard InChI is InChI=1S/C21H21BrN2O/c22-19-7-3-1-5-16(19)13-21(25)24-11-9-15(10-12-24)18-14-23-20-8-4-2-6-17(18)20/h1-8,14-15,23H,9-13H2. The molecule has 0 bridgehead atoms. The molecule has 1 saturated heterocycles. The van der Waals surface area contributed by atoms with Crippen LogP contribution in [0.5, 0.6) is 0 Å². The molecular formula is C21H21BrN2O. The molecule has 0 spiro atoms. The zero-order chi connectivity index (χ0) is 17.2. The Balaban J connectivity index is 1.41. The molecule has 25 heavy (non-hydrogen) atoms. The Kier molecular flexibility index (Phi) is 4.62. The van der Waals surface area contributed by atoms with Gasteiger partial charge < -0.3 is 9.88 Å². The molecule has 0 saturated carbocycles. The molecule has 2 aromatic carbocycles. The highest BCUT2D eigenvalue weighted by molar-refractivity contribution is 9.10. The molecule has 3 aromatic rings. The Morgan fingerprint density at radius 3 is 2.60 bits per heavy atom. The van der Waals surface area contributed by atoms with E-state index in [1.807, 2.05) is 29.2 Å². The zero-order valence-corrected chi connectivity index (χ0v) is 15.6. The van der Waals surface area contributed by atoms with Crippen LogP contribution in [0.3, 0.4) is 0 Å². The fourth-order valence-electron chi connectivity index (χ4n) is 3.79. The van der Waals surface area contributed by atoms with E-state index in [2.05, 4.69) is 51.4 Å². The minimum Gasteiger partial charge on any atom is -0.361 e. The number of H-pyrrole nitrogens is 1. The minimum absolute atomic E-state index is 0.226. The smallest absolute Gasteiger partial charge is 0.227 e. The first-order chi connectivity index (χ1) is 12.2. The number of benzene rings is 2. The van der Waals surface area contributed by atoms with Gasteiger partial charge in [0, 0.05) is 34.7 Å². The van der Waals surface area contributed by atoms with Gasteiger partial charge in [-0.3, -0.25) is 4.79 Å². The first kappa shape index (κ1) is 16.4. The Morgan fingerprint density at radius 1 is 1.08 bits per heavy atom. The SMILES string of the molecule is O=C(Cc1ccccc1Br)N1CCC(c2c[nH]c3ccccc23)CC1. The zero-order valence-electron chi connectivity index (χ0n) is 14.0. The van der Waals surface area contributed by atoms with Crippen molar-refractivity contribution in [3.05, 3.63) is 70.3 Å². The van der Waals surface area contributed by atoms with Crippen LogP contribution in [0.25, 0.3) is 10.9 Å². The number of piperidine rings is 1. The van der Waals surface area contributed by atoms with Crippen LogP contribution in [-0.4, -0.2) is 28.9 Å². The highest BCUT2D eigenvalue weighted by Crippen LogP contribution is 2.33. The van der Waals surface area contributed by atoms with Crippen LogP contribution >= 0.6 is 15.9 Å². The van der Waals surface area contributed by atoms with Gasteiger partial charge in [-0.2, -0.15) is 0 Å². The Hall–Kier alpha value is -2.07. The summed E-state index contributed by atoms with van der Waals surface area (Å²) in [4.78, 5) is 18.0. The quantitative estimate of drug-likeness (QED) is 0.672. The molecule has 1 aliphatic rings. The number of carbonyl (C=O) groups excluding carboxylic acids is 1. The number of aromatic nitrogens is 1. The Labute approximate surface area is 156 Å². The number of likely N-dealkylation sites (tertiary alicyclic amines) is 1. The molecule has 1 aromatic heterocycles. The largest absolute Gasteiger partial charge is 0.361 e. The molecule has 4 heteroatoms. The summed E-state index contributed by atoms with van der Waals surface area (Å²) >= 11 is 3.53. The predicted molar refractivity (Wildman–Crippen MR) is 105 cm³/mol. The van der Waals surface area contributed by atoms with Crippen molar-refractivity contribution in [2.45, 2.75) is 25.2 Å². The summed E-state index contributed by atoms with van der Waals surface area (Å²) < 4.78 is 1.01. The monoisotopic (exact) mass is 396 g/mol. The summed E-state index contributed by atoms with van der Waals surface area (Å²) in [6.07, 6.45) is 4.68. The fourth-order valence-corrected chi connectivity index (χ4v) is 4.21. The molecule has 1 aliphatic heterocycles. The van der Waals surface area contributed by atoms with E-state index in [0.717, 1.165) is 36.0 Å². The van der Waals surface area contributed by atoms with E-state index in [1.165, 1.54) is 16.5 Å². The van der Waals surface area contributed by atoms with Crippen LogP contribution in [0.1, 0.15) is 29.9 Å². The van der Waals surface area contributed by atoms with E-state index in [4.69, 9.17) is 0 Å². The lowest BCUT2D eigenvalue weighted by Crippen LogP contribution is -2.38. The van der Waals surface area contributed by atoms with Crippen LogP contribution in [-0.2, 0) is 11.2 Å². The molecule has 1 N–H and O–H groups in total. The molecule has 4 rings (SSSR count). The number of hydrogen-bond donors (Lipinski definition) is 1. The van der Waals surface area contributed by atoms with E-state index in [9.17, 15) is 4.79 Å². The number of halogens is 1.